The van der Waals surface area contributed by atoms with E-state index in [-0.39, 0.29) is 0 Å². The van der Waals surface area contributed by atoms with Gasteiger partial charge in [-0.2, -0.15) is 0 Å². The smallest absolute Gasteiger partial charge is 0.0594 e. The van der Waals surface area contributed by atoms with Crippen molar-refractivity contribution in [2.24, 2.45) is 5.92 Å². The minimum absolute atomic E-state index is 0.893. The van der Waals surface area contributed by atoms with Crippen LogP contribution in [-0.2, 0) is 9.47 Å². The number of hydrogen-bond acceptors (Lipinski definition) is 4. The van der Waals surface area contributed by atoms with Crippen molar-refractivity contribution in [3.05, 3.63) is 0 Å². The third kappa shape index (κ3) is 6.36. The molecule has 4 heteroatoms. The molecule has 1 aliphatic heterocycles. The van der Waals surface area contributed by atoms with E-state index in [1.54, 1.807) is 0 Å². The lowest BCUT2D eigenvalue weighted by atomic mass is 10.4. The Labute approximate surface area is 105 Å². The second-order valence-corrected chi connectivity index (χ2v) is 5.08. The molecule has 100 valence electrons. The van der Waals surface area contributed by atoms with E-state index in [0.29, 0.717) is 0 Å². The van der Waals surface area contributed by atoms with Crippen molar-refractivity contribution in [1.82, 2.24) is 10.2 Å². The number of rotatable bonds is 9. The van der Waals surface area contributed by atoms with Gasteiger partial charge in [0, 0.05) is 39.4 Å². The van der Waals surface area contributed by atoms with Gasteiger partial charge in [-0.3, -0.25) is 4.90 Å². The molecule has 0 amide bonds. The van der Waals surface area contributed by atoms with E-state index in [4.69, 9.17) is 9.47 Å². The van der Waals surface area contributed by atoms with Crippen LogP contribution < -0.4 is 5.32 Å². The lowest BCUT2D eigenvalue weighted by Gasteiger charge is -2.26. The van der Waals surface area contributed by atoms with E-state index >= 15 is 0 Å². The summed E-state index contributed by atoms with van der Waals surface area (Å²) in [4.78, 5) is 2.46. The average molecular weight is 242 g/mol. The first-order chi connectivity index (χ1) is 8.45. The molecular formula is C13H26N2O2. The van der Waals surface area contributed by atoms with Crippen molar-refractivity contribution >= 4 is 0 Å². The van der Waals surface area contributed by atoms with Crippen LogP contribution in [0.15, 0.2) is 0 Å². The standard InChI is InChI=1S/C13H26N2O2/c1(9-17-12-13-2-3-13)4-14-5-6-15-7-10-16-11-8-15/h13-14H,1-12H2. The van der Waals surface area contributed by atoms with Gasteiger partial charge >= 0.3 is 0 Å². The van der Waals surface area contributed by atoms with E-state index in [9.17, 15) is 0 Å². The molecule has 0 radical (unpaired) electrons. The Balaban J connectivity index is 1.31. The highest BCUT2D eigenvalue weighted by atomic mass is 16.5. The molecule has 1 saturated carbocycles. The Hall–Kier alpha value is -0.160. The Morgan fingerprint density at radius 1 is 1.18 bits per heavy atom. The summed E-state index contributed by atoms with van der Waals surface area (Å²) in [5.74, 6) is 0.893. The summed E-state index contributed by atoms with van der Waals surface area (Å²) in [7, 11) is 0. The van der Waals surface area contributed by atoms with Crippen LogP contribution in [-0.4, -0.2) is 64.1 Å². The molecule has 4 nitrogen and oxygen atoms in total. The van der Waals surface area contributed by atoms with Crippen molar-refractivity contribution in [1.29, 1.82) is 0 Å². The fraction of sp³-hybridized carbons (Fsp3) is 1.00. The molecule has 0 aromatic carbocycles. The summed E-state index contributed by atoms with van der Waals surface area (Å²) >= 11 is 0. The van der Waals surface area contributed by atoms with Gasteiger partial charge in [-0.15, -0.1) is 0 Å². The minimum atomic E-state index is 0.893. The molecule has 0 aromatic heterocycles. The second kappa shape index (κ2) is 8.03. The summed E-state index contributed by atoms with van der Waals surface area (Å²) in [5, 5.41) is 3.47. The van der Waals surface area contributed by atoms with Crippen LogP contribution in [0, 0.1) is 5.92 Å². The Kier molecular flexibility index (Phi) is 6.27. The molecule has 1 N–H and O–H groups in total. The Morgan fingerprint density at radius 2 is 2.00 bits per heavy atom. The molecule has 2 rings (SSSR count). The second-order valence-electron chi connectivity index (χ2n) is 5.08. The monoisotopic (exact) mass is 242 g/mol. The zero-order valence-corrected chi connectivity index (χ0v) is 10.8. The Bertz CT molecular complexity index is 192. The van der Waals surface area contributed by atoms with Gasteiger partial charge < -0.3 is 14.8 Å². The van der Waals surface area contributed by atoms with Gasteiger partial charge in [-0.25, -0.2) is 0 Å². The molecule has 2 aliphatic rings. The first-order valence-corrected chi connectivity index (χ1v) is 7.04. The normalized spacial score (nSPS) is 21.9. The predicted octanol–water partition coefficient (Wildman–Crippen LogP) is 0.725. The van der Waals surface area contributed by atoms with Crippen LogP contribution in [0.25, 0.3) is 0 Å². The molecule has 0 spiro atoms. The van der Waals surface area contributed by atoms with Crippen molar-refractivity contribution in [3.63, 3.8) is 0 Å². The van der Waals surface area contributed by atoms with E-state index in [0.717, 1.165) is 71.5 Å². The van der Waals surface area contributed by atoms with Gasteiger partial charge in [0.1, 0.15) is 0 Å². The number of morpholine rings is 1. The number of ether oxygens (including phenoxy) is 2. The maximum Gasteiger partial charge on any atom is 0.0594 e. The first-order valence-electron chi connectivity index (χ1n) is 7.04. The molecular weight excluding hydrogens is 216 g/mol. The zero-order chi connectivity index (χ0) is 11.8. The zero-order valence-electron chi connectivity index (χ0n) is 10.8. The van der Waals surface area contributed by atoms with Crippen molar-refractivity contribution in [3.8, 4) is 0 Å². The van der Waals surface area contributed by atoms with Gasteiger partial charge in [0.25, 0.3) is 0 Å². The highest BCUT2D eigenvalue weighted by Crippen LogP contribution is 2.28. The molecule has 0 unspecified atom stereocenters. The summed E-state index contributed by atoms with van der Waals surface area (Å²) in [5.41, 5.74) is 0. The van der Waals surface area contributed by atoms with Crippen molar-refractivity contribution in [2.45, 2.75) is 19.3 Å². The molecule has 0 aromatic rings. The van der Waals surface area contributed by atoms with Gasteiger partial charge in [-0.1, -0.05) is 0 Å². The van der Waals surface area contributed by atoms with Crippen LogP contribution in [0.1, 0.15) is 19.3 Å². The first kappa shape index (κ1) is 13.3. The van der Waals surface area contributed by atoms with Crippen LogP contribution in [0.5, 0.6) is 0 Å². The SMILES string of the molecule is C(CNCCN1CCOCC1)COCC1CC1. The summed E-state index contributed by atoms with van der Waals surface area (Å²) in [6, 6.07) is 0. The van der Waals surface area contributed by atoms with Gasteiger partial charge in [-0.05, 0) is 31.7 Å². The summed E-state index contributed by atoms with van der Waals surface area (Å²) in [6.07, 6.45) is 3.91. The van der Waals surface area contributed by atoms with E-state index in [1.165, 1.54) is 12.8 Å². The molecule has 0 bridgehead atoms. The molecule has 1 heterocycles. The van der Waals surface area contributed by atoms with Crippen LogP contribution in [0.4, 0.5) is 0 Å². The van der Waals surface area contributed by atoms with E-state index < -0.39 is 0 Å². The average Bonchev–Trinajstić information content (AvgIpc) is 3.18. The highest BCUT2D eigenvalue weighted by Gasteiger charge is 2.20. The number of hydrogen-bond donors (Lipinski definition) is 1. The van der Waals surface area contributed by atoms with Gasteiger partial charge in [0.05, 0.1) is 13.2 Å². The largest absolute Gasteiger partial charge is 0.381 e. The summed E-state index contributed by atoms with van der Waals surface area (Å²) < 4.78 is 10.9. The lowest BCUT2D eigenvalue weighted by molar-refractivity contribution is 0.0383. The molecule has 17 heavy (non-hydrogen) atoms. The van der Waals surface area contributed by atoms with Crippen LogP contribution >= 0.6 is 0 Å². The molecule has 1 aliphatic carbocycles. The minimum Gasteiger partial charge on any atom is -0.381 e. The lowest BCUT2D eigenvalue weighted by Crippen LogP contribution is -2.40. The number of nitrogens with one attached hydrogen (secondary N) is 1. The highest BCUT2D eigenvalue weighted by molar-refractivity contribution is 4.71. The fourth-order valence-electron chi connectivity index (χ4n) is 2.02. The van der Waals surface area contributed by atoms with E-state index in [1.807, 2.05) is 0 Å². The quantitative estimate of drug-likeness (QED) is 0.604. The Morgan fingerprint density at radius 3 is 2.76 bits per heavy atom. The fourth-order valence-corrected chi connectivity index (χ4v) is 2.02. The molecule has 2 fully saturated rings. The maximum absolute atomic E-state index is 5.59. The number of nitrogens with zero attached hydrogens (tertiary/aromatic N) is 1. The van der Waals surface area contributed by atoms with Gasteiger partial charge in [0.15, 0.2) is 0 Å². The summed E-state index contributed by atoms with van der Waals surface area (Å²) in [6.45, 7) is 9.20. The van der Waals surface area contributed by atoms with E-state index in [2.05, 4.69) is 10.2 Å². The predicted molar refractivity (Wildman–Crippen MR) is 68.3 cm³/mol. The van der Waals surface area contributed by atoms with Crippen molar-refractivity contribution in [2.75, 3.05) is 59.2 Å². The maximum atomic E-state index is 5.59. The van der Waals surface area contributed by atoms with Crippen LogP contribution in [0.2, 0.25) is 0 Å². The third-order valence-corrected chi connectivity index (χ3v) is 3.40. The van der Waals surface area contributed by atoms with Gasteiger partial charge in [0.2, 0.25) is 0 Å². The van der Waals surface area contributed by atoms with Crippen LogP contribution in [0.3, 0.4) is 0 Å². The topological polar surface area (TPSA) is 33.7 Å². The van der Waals surface area contributed by atoms with Crippen molar-refractivity contribution < 1.29 is 9.47 Å². The molecule has 0 atom stereocenters. The molecule has 1 saturated heterocycles. The third-order valence-electron chi connectivity index (χ3n) is 3.40.